The number of fused-ring (bicyclic) bond motifs is 1. The van der Waals surface area contributed by atoms with Gasteiger partial charge >= 0.3 is 0 Å². The number of hydrogen-bond acceptors (Lipinski definition) is 6. The summed E-state index contributed by atoms with van der Waals surface area (Å²) in [5.41, 5.74) is 2.42. The lowest BCUT2D eigenvalue weighted by atomic mass is 10.2. The highest BCUT2D eigenvalue weighted by atomic mass is 32.1. The van der Waals surface area contributed by atoms with Gasteiger partial charge in [0.2, 0.25) is 6.79 Å². The van der Waals surface area contributed by atoms with Crippen LogP contribution in [-0.2, 0) is 11.3 Å². The molecule has 140 valence electrons. The first-order valence-corrected chi connectivity index (χ1v) is 9.36. The third kappa shape index (κ3) is 3.61. The van der Waals surface area contributed by atoms with Crippen LogP contribution in [-0.4, -0.2) is 29.5 Å². The molecule has 8 heteroatoms. The molecule has 3 aromatic rings. The second-order valence-corrected chi connectivity index (χ2v) is 7.18. The van der Waals surface area contributed by atoms with Crippen LogP contribution in [0.3, 0.4) is 0 Å². The number of aromatic amines is 1. The first-order chi connectivity index (χ1) is 13.1. The molecule has 1 aliphatic rings. The Hall–Kier alpha value is -3.00. The predicted octanol–water partition coefficient (Wildman–Crippen LogP) is 3.43. The fourth-order valence-electron chi connectivity index (χ4n) is 2.98. The van der Waals surface area contributed by atoms with Crippen molar-refractivity contribution in [3.63, 3.8) is 0 Å². The lowest BCUT2D eigenvalue weighted by Gasteiger charge is -2.22. The third-order valence-corrected chi connectivity index (χ3v) is 5.12. The summed E-state index contributed by atoms with van der Waals surface area (Å²) in [6.07, 6.45) is 0. The van der Waals surface area contributed by atoms with Crippen LogP contribution in [0.5, 0.6) is 17.2 Å². The highest BCUT2D eigenvalue weighted by Crippen LogP contribution is 2.35. The van der Waals surface area contributed by atoms with Gasteiger partial charge in [-0.2, -0.15) is 5.10 Å². The minimum absolute atomic E-state index is 0.0882. The van der Waals surface area contributed by atoms with Gasteiger partial charge in [0.25, 0.3) is 5.91 Å². The molecule has 3 heterocycles. The first kappa shape index (κ1) is 17.4. The molecular weight excluding hydrogens is 366 g/mol. The van der Waals surface area contributed by atoms with Crippen molar-refractivity contribution in [3.8, 4) is 17.2 Å². The van der Waals surface area contributed by atoms with Crippen molar-refractivity contribution in [3.05, 3.63) is 52.0 Å². The number of aromatic nitrogens is 2. The summed E-state index contributed by atoms with van der Waals surface area (Å²) >= 11 is 1.61. The maximum Gasteiger partial charge on any atom is 0.265 e. The fraction of sp³-hybridized carbons (Fsp3) is 0.263. The number of hydrogen-bond donors (Lipinski definition) is 1. The van der Waals surface area contributed by atoms with Crippen molar-refractivity contribution in [2.75, 3.05) is 18.3 Å². The molecule has 0 bridgehead atoms. The Morgan fingerprint density at radius 2 is 2.15 bits per heavy atom. The number of amides is 1. The first-order valence-electron chi connectivity index (χ1n) is 8.48. The van der Waals surface area contributed by atoms with Gasteiger partial charge in [-0.1, -0.05) is 6.07 Å². The van der Waals surface area contributed by atoms with Crippen molar-refractivity contribution >= 4 is 22.9 Å². The number of carbonyl (C=O) groups excluding carboxylic acids is 1. The molecule has 1 aliphatic heterocycles. The number of nitrogens with one attached hydrogen (secondary N) is 1. The van der Waals surface area contributed by atoms with Gasteiger partial charge in [-0.25, -0.2) is 0 Å². The highest BCUT2D eigenvalue weighted by molar-refractivity contribution is 7.09. The molecule has 1 N–H and O–H groups in total. The summed E-state index contributed by atoms with van der Waals surface area (Å²) in [7, 11) is 0. The van der Waals surface area contributed by atoms with Crippen molar-refractivity contribution in [1.29, 1.82) is 0 Å². The third-order valence-electron chi connectivity index (χ3n) is 4.26. The fourth-order valence-corrected chi connectivity index (χ4v) is 3.68. The van der Waals surface area contributed by atoms with Crippen LogP contribution in [0, 0.1) is 13.8 Å². The zero-order valence-electron chi connectivity index (χ0n) is 15.0. The number of ether oxygens (including phenoxy) is 3. The number of rotatable bonds is 6. The van der Waals surface area contributed by atoms with Crippen molar-refractivity contribution in [2.24, 2.45) is 0 Å². The number of thiophene rings is 1. The van der Waals surface area contributed by atoms with Crippen LogP contribution < -0.4 is 19.1 Å². The van der Waals surface area contributed by atoms with E-state index >= 15 is 0 Å². The van der Waals surface area contributed by atoms with Gasteiger partial charge in [-0.3, -0.25) is 9.89 Å². The Balaban J connectivity index is 1.52. The van der Waals surface area contributed by atoms with Crippen LogP contribution in [0.1, 0.15) is 16.3 Å². The lowest BCUT2D eigenvalue weighted by Crippen LogP contribution is -2.35. The largest absolute Gasteiger partial charge is 0.484 e. The van der Waals surface area contributed by atoms with Gasteiger partial charge in [-0.05, 0) is 37.4 Å². The average Bonchev–Trinajstić information content (AvgIpc) is 3.40. The van der Waals surface area contributed by atoms with E-state index in [2.05, 4.69) is 10.2 Å². The topological polar surface area (TPSA) is 76.7 Å². The van der Waals surface area contributed by atoms with E-state index in [1.165, 1.54) is 0 Å². The van der Waals surface area contributed by atoms with E-state index in [4.69, 9.17) is 14.2 Å². The van der Waals surface area contributed by atoms with Gasteiger partial charge in [0, 0.05) is 10.9 Å². The molecule has 0 spiro atoms. The monoisotopic (exact) mass is 385 g/mol. The van der Waals surface area contributed by atoms with E-state index in [1.54, 1.807) is 34.4 Å². The maximum atomic E-state index is 13.0. The minimum atomic E-state index is -0.145. The average molecular weight is 385 g/mol. The summed E-state index contributed by atoms with van der Waals surface area (Å²) < 4.78 is 16.4. The van der Waals surface area contributed by atoms with Crippen molar-refractivity contribution in [1.82, 2.24) is 10.2 Å². The summed E-state index contributed by atoms with van der Waals surface area (Å²) in [6, 6.07) is 9.25. The Kier molecular flexibility index (Phi) is 4.72. The van der Waals surface area contributed by atoms with Gasteiger partial charge in [0.05, 0.1) is 23.6 Å². The van der Waals surface area contributed by atoms with Crippen molar-refractivity contribution < 1.29 is 19.0 Å². The molecule has 1 amide bonds. The molecule has 7 nitrogen and oxygen atoms in total. The van der Waals surface area contributed by atoms with Gasteiger partial charge in [0.15, 0.2) is 18.1 Å². The molecule has 0 fully saturated rings. The summed E-state index contributed by atoms with van der Waals surface area (Å²) in [5, 5.41) is 9.16. The van der Waals surface area contributed by atoms with E-state index in [1.807, 2.05) is 31.4 Å². The Labute approximate surface area is 160 Å². The molecule has 1 aromatic carbocycles. The molecule has 0 aliphatic carbocycles. The van der Waals surface area contributed by atoms with Crippen LogP contribution in [0.25, 0.3) is 0 Å². The Morgan fingerprint density at radius 3 is 2.89 bits per heavy atom. The van der Waals surface area contributed by atoms with Crippen LogP contribution in [0.4, 0.5) is 5.69 Å². The molecule has 4 rings (SSSR count). The second-order valence-electron chi connectivity index (χ2n) is 6.15. The summed E-state index contributed by atoms with van der Waals surface area (Å²) in [6.45, 7) is 4.37. The molecule has 2 aromatic heterocycles. The van der Waals surface area contributed by atoms with Gasteiger partial charge in [-0.15, -0.1) is 11.3 Å². The predicted molar refractivity (Wildman–Crippen MR) is 102 cm³/mol. The second kappa shape index (κ2) is 7.32. The van der Waals surface area contributed by atoms with Crippen molar-refractivity contribution in [2.45, 2.75) is 20.4 Å². The number of nitrogens with zero attached hydrogens (tertiary/aromatic N) is 2. The van der Waals surface area contributed by atoms with Crippen LogP contribution in [0.15, 0.2) is 35.7 Å². The standard InChI is InChI=1S/C19H19N3O4S/c1-12-19(13(2)21-20-12)22(9-15-4-3-7-27-15)18(23)10-24-14-5-6-16-17(8-14)26-11-25-16/h3-8H,9-11H2,1-2H3,(H,20,21). The van der Waals surface area contributed by atoms with Crippen LogP contribution >= 0.6 is 11.3 Å². The summed E-state index contributed by atoms with van der Waals surface area (Å²) in [4.78, 5) is 15.8. The van der Waals surface area contributed by atoms with E-state index < -0.39 is 0 Å². The zero-order chi connectivity index (χ0) is 18.8. The van der Waals surface area contributed by atoms with E-state index in [0.29, 0.717) is 23.8 Å². The number of anilines is 1. The minimum Gasteiger partial charge on any atom is -0.484 e. The quantitative estimate of drug-likeness (QED) is 0.703. The molecule has 0 unspecified atom stereocenters. The zero-order valence-corrected chi connectivity index (χ0v) is 15.8. The molecule has 27 heavy (non-hydrogen) atoms. The smallest absolute Gasteiger partial charge is 0.265 e. The molecule has 0 saturated heterocycles. The van der Waals surface area contributed by atoms with Crippen LogP contribution in [0.2, 0.25) is 0 Å². The SMILES string of the molecule is Cc1n[nH]c(C)c1N(Cc1cccs1)C(=O)COc1ccc2c(c1)OCO2. The number of benzene rings is 1. The van der Waals surface area contributed by atoms with Gasteiger partial charge in [0.1, 0.15) is 5.75 Å². The van der Waals surface area contributed by atoms with Gasteiger partial charge < -0.3 is 19.1 Å². The highest BCUT2D eigenvalue weighted by Gasteiger charge is 2.23. The normalized spacial score (nSPS) is 12.2. The molecular formula is C19H19N3O4S. The molecule has 0 saturated carbocycles. The van der Waals surface area contributed by atoms with E-state index in [0.717, 1.165) is 22.0 Å². The summed E-state index contributed by atoms with van der Waals surface area (Å²) in [5.74, 6) is 1.72. The van der Waals surface area contributed by atoms with E-state index in [9.17, 15) is 4.79 Å². The Morgan fingerprint density at radius 1 is 1.30 bits per heavy atom. The maximum absolute atomic E-state index is 13.0. The number of aryl methyl sites for hydroxylation is 2. The lowest BCUT2D eigenvalue weighted by molar-refractivity contribution is -0.120. The molecule has 0 atom stereocenters. The van der Waals surface area contributed by atoms with E-state index in [-0.39, 0.29) is 19.3 Å². The number of carbonyl (C=O) groups is 1. The Bertz CT molecular complexity index is 933. The molecule has 0 radical (unpaired) electrons. The number of H-pyrrole nitrogens is 1.